The van der Waals surface area contributed by atoms with E-state index in [1.54, 1.807) is 12.1 Å². The summed E-state index contributed by atoms with van der Waals surface area (Å²) in [5, 5.41) is 10.9. The number of nitro benzene ring substituents is 1. The number of halogens is 1. The summed E-state index contributed by atoms with van der Waals surface area (Å²) in [5.41, 5.74) is 1.81. The molecule has 0 amide bonds. The molecule has 0 atom stereocenters. The second-order valence-corrected chi connectivity index (χ2v) is 5.48. The highest BCUT2D eigenvalue weighted by atomic mass is 79.9. The van der Waals surface area contributed by atoms with E-state index in [2.05, 4.69) is 15.9 Å². The van der Waals surface area contributed by atoms with Crippen LogP contribution in [0.1, 0.15) is 5.56 Å². The molecule has 0 saturated carbocycles. The molecule has 2 aromatic rings. The minimum Gasteiger partial charge on any atom is -0.489 e. The fourth-order valence-corrected chi connectivity index (χ4v) is 2.35. The maximum absolute atomic E-state index is 10.9. The first-order chi connectivity index (χ1) is 9.99. The van der Waals surface area contributed by atoms with Crippen molar-refractivity contribution >= 4 is 27.3 Å². The summed E-state index contributed by atoms with van der Waals surface area (Å²) in [5.74, 6) is 0.722. The molecule has 2 aromatic carbocycles. The molecular formula is C15H15BrN2O3. The molecule has 0 radical (unpaired) electrons. The third-order valence-corrected chi connectivity index (χ3v) is 3.90. The zero-order chi connectivity index (χ0) is 15.4. The van der Waals surface area contributed by atoms with E-state index in [-0.39, 0.29) is 12.3 Å². The molecular weight excluding hydrogens is 336 g/mol. The number of anilines is 1. The van der Waals surface area contributed by atoms with E-state index in [9.17, 15) is 10.1 Å². The molecule has 0 heterocycles. The topological polar surface area (TPSA) is 55.6 Å². The quantitative estimate of drug-likeness (QED) is 0.604. The summed E-state index contributed by atoms with van der Waals surface area (Å²) in [6.45, 7) is 0.263. The minimum absolute atomic E-state index is 0.0399. The summed E-state index contributed by atoms with van der Waals surface area (Å²) >= 11 is 3.26. The van der Waals surface area contributed by atoms with Crippen LogP contribution in [0.3, 0.4) is 0 Å². The predicted molar refractivity (Wildman–Crippen MR) is 85.9 cm³/mol. The highest BCUT2D eigenvalue weighted by Gasteiger charge is 2.15. The Balaban J connectivity index is 2.15. The molecule has 0 aliphatic heterocycles. The van der Waals surface area contributed by atoms with Gasteiger partial charge in [0.15, 0.2) is 0 Å². The van der Waals surface area contributed by atoms with E-state index in [4.69, 9.17) is 4.74 Å². The number of nitro groups is 1. The summed E-state index contributed by atoms with van der Waals surface area (Å²) in [4.78, 5) is 12.5. The molecule has 0 fully saturated rings. The lowest BCUT2D eigenvalue weighted by Gasteiger charge is -2.14. The van der Waals surface area contributed by atoms with Crippen molar-refractivity contribution < 1.29 is 9.66 Å². The van der Waals surface area contributed by atoms with E-state index in [0.29, 0.717) is 4.47 Å². The molecule has 110 valence electrons. The SMILES string of the molecule is CN(C)c1cccc(OCc2cccc([N+](=O)[O-])c2Br)c1. The van der Waals surface area contributed by atoms with E-state index >= 15 is 0 Å². The lowest BCUT2D eigenvalue weighted by Crippen LogP contribution is -2.08. The second kappa shape index (κ2) is 6.58. The Kier molecular flexibility index (Phi) is 4.80. The van der Waals surface area contributed by atoms with Gasteiger partial charge in [-0.05, 0) is 28.1 Å². The van der Waals surface area contributed by atoms with Crippen LogP contribution in [0, 0.1) is 10.1 Å². The van der Waals surface area contributed by atoms with Gasteiger partial charge >= 0.3 is 0 Å². The standard InChI is InChI=1S/C15H15BrN2O3/c1-17(2)12-6-4-7-13(9-12)21-10-11-5-3-8-14(15(11)16)18(19)20/h3-9H,10H2,1-2H3. The van der Waals surface area contributed by atoms with Crippen molar-refractivity contribution in [1.29, 1.82) is 0 Å². The van der Waals surface area contributed by atoms with E-state index in [0.717, 1.165) is 17.0 Å². The first kappa shape index (κ1) is 15.3. The molecule has 2 rings (SSSR count). The van der Waals surface area contributed by atoms with Gasteiger partial charge in [0.25, 0.3) is 5.69 Å². The lowest BCUT2D eigenvalue weighted by molar-refractivity contribution is -0.385. The lowest BCUT2D eigenvalue weighted by atomic mass is 10.2. The molecule has 0 N–H and O–H groups in total. The van der Waals surface area contributed by atoms with Gasteiger partial charge in [-0.15, -0.1) is 0 Å². The van der Waals surface area contributed by atoms with Gasteiger partial charge in [-0.25, -0.2) is 0 Å². The van der Waals surface area contributed by atoms with E-state index in [1.165, 1.54) is 6.07 Å². The van der Waals surface area contributed by atoms with Crippen molar-refractivity contribution in [3.8, 4) is 5.75 Å². The van der Waals surface area contributed by atoms with E-state index < -0.39 is 4.92 Å². The van der Waals surface area contributed by atoms with Crippen LogP contribution >= 0.6 is 15.9 Å². The first-order valence-electron chi connectivity index (χ1n) is 6.31. The Morgan fingerprint density at radius 1 is 1.24 bits per heavy atom. The van der Waals surface area contributed by atoms with Crippen molar-refractivity contribution in [2.24, 2.45) is 0 Å². The van der Waals surface area contributed by atoms with Crippen LogP contribution in [0.25, 0.3) is 0 Å². The summed E-state index contributed by atoms with van der Waals surface area (Å²) in [6.07, 6.45) is 0. The fourth-order valence-electron chi connectivity index (χ4n) is 1.83. The van der Waals surface area contributed by atoms with Crippen molar-refractivity contribution in [3.63, 3.8) is 0 Å². The molecule has 0 aliphatic carbocycles. The maximum Gasteiger partial charge on any atom is 0.283 e. The van der Waals surface area contributed by atoms with Gasteiger partial charge in [0, 0.05) is 37.5 Å². The zero-order valence-corrected chi connectivity index (χ0v) is 13.3. The van der Waals surface area contributed by atoms with Crippen molar-refractivity contribution in [2.75, 3.05) is 19.0 Å². The van der Waals surface area contributed by atoms with Crippen LogP contribution in [-0.4, -0.2) is 19.0 Å². The minimum atomic E-state index is -0.416. The number of hydrogen-bond donors (Lipinski definition) is 0. The molecule has 0 saturated heterocycles. The van der Waals surface area contributed by atoms with Crippen molar-refractivity contribution in [3.05, 3.63) is 62.6 Å². The third kappa shape index (κ3) is 3.72. The highest BCUT2D eigenvalue weighted by molar-refractivity contribution is 9.10. The number of benzene rings is 2. The van der Waals surface area contributed by atoms with Gasteiger partial charge in [0.1, 0.15) is 16.8 Å². The molecule has 0 unspecified atom stereocenters. The fraction of sp³-hybridized carbons (Fsp3) is 0.200. The summed E-state index contributed by atoms with van der Waals surface area (Å²) in [6, 6.07) is 12.6. The molecule has 0 aliphatic rings. The third-order valence-electron chi connectivity index (χ3n) is 2.98. The smallest absolute Gasteiger partial charge is 0.283 e. The van der Waals surface area contributed by atoms with Gasteiger partial charge < -0.3 is 9.64 Å². The molecule has 0 spiro atoms. The van der Waals surface area contributed by atoms with Gasteiger partial charge in [0.2, 0.25) is 0 Å². The van der Waals surface area contributed by atoms with Crippen LogP contribution < -0.4 is 9.64 Å². The van der Waals surface area contributed by atoms with Crippen LogP contribution in [0.15, 0.2) is 46.9 Å². The number of rotatable bonds is 5. The highest BCUT2D eigenvalue weighted by Crippen LogP contribution is 2.29. The Labute approximate surface area is 131 Å². The number of nitrogens with zero attached hydrogens (tertiary/aromatic N) is 2. The molecule has 0 aromatic heterocycles. The van der Waals surface area contributed by atoms with Crippen molar-refractivity contribution in [2.45, 2.75) is 6.61 Å². The number of ether oxygens (including phenoxy) is 1. The van der Waals surface area contributed by atoms with Crippen LogP contribution in [0.2, 0.25) is 0 Å². The Morgan fingerprint density at radius 3 is 2.62 bits per heavy atom. The first-order valence-corrected chi connectivity index (χ1v) is 7.10. The Hall–Kier alpha value is -2.08. The normalized spacial score (nSPS) is 10.2. The Bertz CT molecular complexity index is 659. The average molecular weight is 351 g/mol. The Morgan fingerprint density at radius 2 is 1.95 bits per heavy atom. The number of hydrogen-bond acceptors (Lipinski definition) is 4. The van der Waals surface area contributed by atoms with Crippen LogP contribution in [0.4, 0.5) is 11.4 Å². The molecule has 0 bridgehead atoms. The zero-order valence-electron chi connectivity index (χ0n) is 11.7. The van der Waals surface area contributed by atoms with Crippen LogP contribution in [0.5, 0.6) is 5.75 Å². The van der Waals surface area contributed by atoms with Gasteiger partial charge in [-0.2, -0.15) is 0 Å². The van der Waals surface area contributed by atoms with Gasteiger partial charge in [0.05, 0.1) is 4.92 Å². The van der Waals surface area contributed by atoms with Gasteiger partial charge in [-0.3, -0.25) is 10.1 Å². The monoisotopic (exact) mass is 350 g/mol. The summed E-state index contributed by atoms with van der Waals surface area (Å²) < 4.78 is 6.18. The predicted octanol–water partition coefficient (Wildman–Crippen LogP) is 4.00. The van der Waals surface area contributed by atoms with E-state index in [1.807, 2.05) is 43.3 Å². The largest absolute Gasteiger partial charge is 0.489 e. The average Bonchev–Trinajstić information content (AvgIpc) is 2.46. The van der Waals surface area contributed by atoms with Crippen molar-refractivity contribution in [1.82, 2.24) is 0 Å². The van der Waals surface area contributed by atoms with Crippen LogP contribution in [-0.2, 0) is 6.61 Å². The molecule has 5 nitrogen and oxygen atoms in total. The maximum atomic E-state index is 10.9. The second-order valence-electron chi connectivity index (χ2n) is 4.69. The van der Waals surface area contributed by atoms with Gasteiger partial charge in [-0.1, -0.05) is 18.2 Å². The molecule has 21 heavy (non-hydrogen) atoms. The summed E-state index contributed by atoms with van der Waals surface area (Å²) in [7, 11) is 3.91. The molecule has 6 heteroatoms.